The zero-order valence-electron chi connectivity index (χ0n) is 13.8. The molecule has 0 spiro atoms. The van der Waals surface area contributed by atoms with Crippen LogP contribution in [0, 0.1) is 21.4 Å². The van der Waals surface area contributed by atoms with Crippen LogP contribution in [0.15, 0.2) is 42.0 Å². The molecule has 1 N–H and O–H groups in total. The van der Waals surface area contributed by atoms with Gasteiger partial charge in [-0.2, -0.15) is 5.26 Å². The Bertz CT molecular complexity index is 997. The fraction of sp³-hybridized carbons (Fsp3) is 0.111. The third kappa shape index (κ3) is 4.16. The largest absolute Gasteiger partial charge is 0.486 e. The topological polar surface area (TPSA) is 114 Å². The molecular weight excluding hydrogens is 374 g/mol. The van der Waals surface area contributed by atoms with Crippen LogP contribution in [0.4, 0.5) is 11.4 Å². The Morgan fingerprint density at radius 3 is 2.67 bits per heavy atom. The van der Waals surface area contributed by atoms with Gasteiger partial charge in [-0.25, -0.2) is 0 Å². The Balaban J connectivity index is 1.84. The number of carbonyl (C=O) groups is 1. The number of nitriles is 1. The van der Waals surface area contributed by atoms with Crippen molar-refractivity contribution >= 4 is 35.0 Å². The zero-order chi connectivity index (χ0) is 19.4. The van der Waals surface area contributed by atoms with E-state index < -0.39 is 10.8 Å². The first-order valence-electron chi connectivity index (χ1n) is 7.74. The van der Waals surface area contributed by atoms with Crippen LogP contribution in [0.25, 0.3) is 6.08 Å². The summed E-state index contributed by atoms with van der Waals surface area (Å²) in [4.78, 5) is 22.7. The second-order valence-corrected chi connectivity index (χ2v) is 5.85. The van der Waals surface area contributed by atoms with Crippen molar-refractivity contribution in [1.29, 1.82) is 5.26 Å². The SMILES string of the molecule is N#C/C(=C\c1cc([N+](=O)[O-])ccc1Cl)C(=O)Nc1ccc2c(c1)OCCO2. The average Bonchev–Trinajstić information content (AvgIpc) is 2.67. The van der Waals surface area contributed by atoms with Gasteiger partial charge in [0.15, 0.2) is 11.5 Å². The fourth-order valence-corrected chi connectivity index (χ4v) is 2.55. The van der Waals surface area contributed by atoms with Gasteiger partial charge in [0.25, 0.3) is 11.6 Å². The number of amides is 1. The van der Waals surface area contributed by atoms with Crippen molar-refractivity contribution in [3.63, 3.8) is 0 Å². The maximum absolute atomic E-state index is 12.4. The standard InChI is InChI=1S/C18H12ClN3O5/c19-15-3-2-14(22(24)25)8-11(15)7-12(10-20)18(23)21-13-1-4-16-17(9-13)27-6-5-26-16/h1-4,7-9H,5-6H2,(H,21,23)/b12-7+. The molecule has 1 aliphatic rings. The lowest BCUT2D eigenvalue weighted by molar-refractivity contribution is -0.384. The summed E-state index contributed by atoms with van der Waals surface area (Å²) in [6.45, 7) is 0.850. The maximum atomic E-state index is 12.4. The minimum atomic E-state index is -0.684. The van der Waals surface area contributed by atoms with E-state index in [-0.39, 0.29) is 21.8 Å². The number of benzene rings is 2. The Morgan fingerprint density at radius 2 is 1.96 bits per heavy atom. The van der Waals surface area contributed by atoms with Gasteiger partial charge in [0, 0.05) is 34.5 Å². The number of ether oxygens (including phenoxy) is 2. The van der Waals surface area contributed by atoms with E-state index in [1.807, 2.05) is 0 Å². The smallest absolute Gasteiger partial charge is 0.270 e. The molecule has 0 fully saturated rings. The first kappa shape index (κ1) is 18.2. The van der Waals surface area contributed by atoms with E-state index in [1.165, 1.54) is 24.3 Å². The summed E-state index contributed by atoms with van der Waals surface area (Å²) in [5.74, 6) is 0.374. The van der Waals surface area contributed by atoms with Crippen molar-refractivity contribution in [2.45, 2.75) is 0 Å². The van der Waals surface area contributed by atoms with Gasteiger partial charge >= 0.3 is 0 Å². The molecule has 27 heavy (non-hydrogen) atoms. The number of nitrogens with one attached hydrogen (secondary N) is 1. The van der Waals surface area contributed by atoms with Crippen molar-refractivity contribution in [3.8, 4) is 17.6 Å². The Hall–Kier alpha value is -3.57. The number of hydrogen-bond donors (Lipinski definition) is 1. The molecule has 1 heterocycles. The van der Waals surface area contributed by atoms with Crippen molar-refractivity contribution < 1.29 is 19.2 Å². The van der Waals surface area contributed by atoms with Crippen LogP contribution in [0.2, 0.25) is 5.02 Å². The predicted octanol–water partition coefficient (Wildman–Crippen LogP) is 3.57. The van der Waals surface area contributed by atoms with E-state index >= 15 is 0 Å². The Labute approximate surface area is 158 Å². The predicted molar refractivity (Wildman–Crippen MR) is 97.8 cm³/mol. The molecule has 3 rings (SSSR count). The van der Waals surface area contributed by atoms with E-state index in [0.717, 1.165) is 0 Å². The minimum absolute atomic E-state index is 0.181. The van der Waals surface area contributed by atoms with Crippen molar-refractivity contribution in [2.75, 3.05) is 18.5 Å². The molecule has 2 aromatic rings. The van der Waals surface area contributed by atoms with Gasteiger partial charge in [-0.15, -0.1) is 0 Å². The first-order chi connectivity index (χ1) is 13.0. The van der Waals surface area contributed by atoms with E-state index in [2.05, 4.69) is 5.32 Å². The quantitative estimate of drug-likeness (QED) is 0.372. The number of non-ortho nitro benzene ring substituents is 1. The summed E-state index contributed by atoms with van der Waals surface area (Å²) in [7, 11) is 0. The van der Waals surface area contributed by atoms with Crippen LogP contribution in [0.1, 0.15) is 5.56 Å². The van der Waals surface area contributed by atoms with Crippen LogP contribution in [0.3, 0.4) is 0 Å². The van der Waals surface area contributed by atoms with Gasteiger partial charge in [0.1, 0.15) is 24.9 Å². The summed E-state index contributed by atoms with van der Waals surface area (Å²) in [6, 6.07) is 10.4. The van der Waals surface area contributed by atoms with Gasteiger partial charge in [-0.05, 0) is 24.3 Å². The van der Waals surface area contributed by atoms with Crippen LogP contribution in [0.5, 0.6) is 11.5 Å². The summed E-state index contributed by atoms with van der Waals surface area (Å²) in [6.07, 6.45) is 1.20. The zero-order valence-corrected chi connectivity index (χ0v) is 14.5. The highest BCUT2D eigenvalue weighted by molar-refractivity contribution is 6.32. The molecule has 2 aromatic carbocycles. The molecule has 0 aromatic heterocycles. The third-order valence-corrected chi connectivity index (χ3v) is 4.00. The molecule has 9 heteroatoms. The average molecular weight is 386 g/mol. The second-order valence-electron chi connectivity index (χ2n) is 5.45. The highest BCUT2D eigenvalue weighted by Crippen LogP contribution is 2.32. The molecule has 0 aliphatic carbocycles. The molecule has 136 valence electrons. The molecule has 0 saturated carbocycles. The molecule has 1 amide bonds. The van der Waals surface area contributed by atoms with Crippen LogP contribution < -0.4 is 14.8 Å². The minimum Gasteiger partial charge on any atom is -0.486 e. The molecule has 0 saturated heterocycles. The number of nitrogens with zero attached hydrogens (tertiary/aromatic N) is 2. The van der Waals surface area contributed by atoms with Gasteiger partial charge in [0.05, 0.1) is 4.92 Å². The molecule has 1 aliphatic heterocycles. The molecular formula is C18H12ClN3O5. The second kappa shape index (κ2) is 7.76. The number of nitro groups is 1. The summed E-state index contributed by atoms with van der Waals surface area (Å²) >= 11 is 6.01. The van der Waals surface area contributed by atoms with Gasteiger partial charge in [0.2, 0.25) is 0 Å². The number of fused-ring (bicyclic) bond motifs is 1. The lowest BCUT2D eigenvalue weighted by atomic mass is 10.1. The van der Waals surface area contributed by atoms with Crippen molar-refractivity contribution in [2.24, 2.45) is 0 Å². The molecule has 0 radical (unpaired) electrons. The number of nitro benzene ring substituents is 1. The fourth-order valence-electron chi connectivity index (χ4n) is 2.38. The van der Waals surface area contributed by atoms with E-state index in [1.54, 1.807) is 24.3 Å². The first-order valence-corrected chi connectivity index (χ1v) is 8.12. The van der Waals surface area contributed by atoms with Gasteiger partial charge in [-0.1, -0.05) is 11.6 Å². The highest BCUT2D eigenvalue weighted by Gasteiger charge is 2.16. The molecule has 8 nitrogen and oxygen atoms in total. The van der Waals surface area contributed by atoms with Crippen LogP contribution >= 0.6 is 11.6 Å². The normalized spacial score (nSPS) is 12.8. The lowest BCUT2D eigenvalue weighted by Gasteiger charge is -2.18. The Kier molecular flexibility index (Phi) is 5.24. The van der Waals surface area contributed by atoms with Crippen molar-refractivity contribution in [1.82, 2.24) is 0 Å². The molecule has 0 unspecified atom stereocenters. The summed E-state index contributed by atoms with van der Waals surface area (Å²) in [5, 5.41) is 22.9. The number of anilines is 1. The molecule has 0 bridgehead atoms. The Morgan fingerprint density at radius 1 is 1.22 bits per heavy atom. The maximum Gasteiger partial charge on any atom is 0.270 e. The summed E-state index contributed by atoms with van der Waals surface area (Å²) < 4.78 is 10.8. The monoisotopic (exact) mass is 385 g/mol. The number of rotatable bonds is 4. The molecule has 0 atom stereocenters. The van der Waals surface area contributed by atoms with E-state index in [0.29, 0.717) is 30.4 Å². The van der Waals surface area contributed by atoms with Crippen molar-refractivity contribution in [3.05, 3.63) is 62.7 Å². The van der Waals surface area contributed by atoms with E-state index in [9.17, 15) is 20.2 Å². The van der Waals surface area contributed by atoms with Gasteiger partial charge in [-0.3, -0.25) is 14.9 Å². The highest BCUT2D eigenvalue weighted by atomic mass is 35.5. The number of hydrogen-bond acceptors (Lipinski definition) is 6. The lowest BCUT2D eigenvalue weighted by Crippen LogP contribution is -2.17. The van der Waals surface area contributed by atoms with Crippen LogP contribution in [-0.2, 0) is 4.79 Å². The summed E-state index contributed by atoms with van der Waals surface area (Å²) in [5.41, 5.74) is 0.151. The van der Waals surface area contributed by atoms with Gasteiger partial charge < -0.3 is 14.8 Å². The van der Waals surface area contributed by atoms with Crippen LogP contribution in [-0.4, -0.2) is 24.0 Å². The van der Waals surface area contributed by atoms with E-state index in [4.69, 9.17) is 21.1 Å². The third-order valence-electron chi connectivity index (χ3n) is 3.66. The number of carbonyl (C=O) groups excluding carboxylic acids is 1. The number of halogens is 1.